The molecule has 1 aromatic heterocycles. The van der Waals surface area contributed by atoms with Gasteiger partial charge in [-0.05, 0) is 37.8 Å². The third-order valence-corrected chi connectivity index (χ3v) is 4.53. The maximum atomic E-state index is 13.0. The summed E-state index contributed by atoms with van der Waals surface area (Å²) in [6, 6.07) is 16.6. The van der Waals surface area contributed by atoms with Gasteiger partial charge in [0.15, 0.2) is 5.69 Å². The standard InChI is InChI=1S/C23H26N4O2/c1-15(2)14-20(17-10-6-5-7-11-17)24-25-22(28)21-18-12-8-9-13-19(18)23(29)27(26-21)16(3)4/h5-13,15-16H,14H2,1-4H3,(H,25,28)/b24-20-. The minimum Gasteiger partial charge on any atom is -0.267 e. The van der Waals surface area contributed by atoms with Crippen LogP contribution in [-0.4, -0.2) is 21.4 Å². The molecule has 1 heterocycles. The summed E-state index contributed by atoms with van der Waals surface area (Å²) in [7, 11) is 0. The van der Waals surface area contributed by atoms with Gasteiger partial charge in [0.05, 0.1) is 17.1 Å². The zero-order valence-corrected chi connectivity index (χ0v) is 17.2. The Kier molecular flexibility index (Phi) is 6.22. The second-order valence-electron chi connectivity index (χ2n) is 7.70. The van der Waals surface area contributed by atoms with E-state index in [9.17, 15) is 9.59 Å². The lowest BCUT2D eigenvalue weighted by atomic mass is 10.0. The van der Waals surface area contributed by atoms with Crippen LogP contribution in [0.25, 0.3) is 10.8 Å². The number of nitrogens with zero attached hydrogens (tertiary/aromatic N) is 3. The molecular weight excluding hydrogens is 364 g/mol. The predicted molar refractivity (Wildman–Crippen MR) is 116 cm³/mol. The Morgan fingerprint density at radius 1 is 1.00 bits per heavy atom. The quantitative estimate of drug-likeness (QED) is 0.507. The number of benzene rings is 2. The van der Waals surface area contributed by atoms with E-state index in [4.69, 9.17) is 0 Å². The fourth-order valence-corrected chi connectivity index (χ4v) is 3.14. The Balaban J connectivity index is 2.02. The van der Waals surface area contributed by atoms with Crippen molar-refractivity contribution in [3.63, 3.8) is 0 Å². The number of hydrogen-bond donors (Lipinski definition) is 1. The Hall–Kier alpha value is -3.28. The number of aromatic nitrogens is 2. The van der Waals surface area contributed by atoms with Crippen molar-refractivity contribution in [3.05, 3.63) is 76.2 Å². The summed E-state index contributed by atoms with van der Waals surface area (Å²) in [5.74, 6) is -0.0551. The van der Waals surface area contributed by atoms with Crippen molar-refractivity contribution < 1.29 is 4.79 Å². The number of nitrogens with one attached hydrogen (secondary N) is 1. The minimum atomic E-state index is -0.437. The van der Waals surface area contributed by atoms with E-state index in [0.29, 0.717) is 16.7 Å². The topological polar surface area (TPSA) is 76.3 Å². The van der Waals surface area contributed by atoms with Crippen molar-refractivity contribution in [1.29, 1.82) is 0 Å². The van der Waals surface area contributed by atoms with Crippen molar-refractivity contribution in [1.82, 2.24) is 15.2 Å². The molecule has 3 aromatic rings. The van der Waals surface area contributed by atoms with Crippen LogP contribution in [0.2, 0.25) is 0 Å². The summed E-state index contributed by atoms with van der Waals surface area (Å²) in [5, 5.41) is 9.73. The Bertz CT molecular complexity index is 1100. The van der Waals surface area contributed by atoms with Gasteiger partial charge in [0.1, 0.15) is 0 Å². The van der Waals surface area contributed by atoms with Crippen molar-refractivity contribution >= 4 is 22.4 Å². The van der Waals surface area contributed by atoms with Gasteiger partial charge in [-0.3, -0.25) is 9.59 Å². The van der Waals surface area contributed by atoms with E-state index in [1.807, 2.05) is 44.2 Å². The molecule has 0 saturated heterocycles. The summed E-state index contributed by atoms with van der Waals surface area (Å²) >= 11 is 0. The highest BCUT2D eigenvalue weighted by atomic mass is 16.2. The smallest absolute Gasteiger partial charge is 0.267 e. The number of amides is 1. The van der Waals surface area contributed by atoms with Gasteiger partial charge in [-0.1, -0.05) is 62.4 Å². The first-order valence-electron chi connectivity index (χ1n) is 9.82. The van der Waals surface area contributed by atoms with Crippen molar-refractivity contribution in [2.75, 3.05) is 0 Å². The zero-order valence-electron chi connectivity index (χ0n) is 17.2. The van der Waals surface area contributed by atoms with Crippen molar-refractivity contribution in [3.8, 4) is 0 Å². The second-order valence-corrected chi connectivity index (χ2v) is 7.70. The SMILES string of the molecule is CC(C)C/C(=N/NC(=O)c1nn(C(C)C)c(=O)c2ccccc12)c1ccccc1. The molecular formula is C23H26N4O2. The molecule has 2 aromatic carbocycles. The van der Waals surface area contributed by atoms with Crippen molar-refractivity contribution in [2.45, 2.75) is 40.2 Å². The lowest BCUT2D eigenvalue weighted by Gasteiger charge is -2.13. The van der Waals surface area contributed by atoms with Crippen LogP contribution in [0, 0.1) is 5.92 Å². The maximum Gasteiger partial charge on any atom is 0.292 e. The summed E-state index contributed by atoms with van der Waals surface area (Å²) < 4.78 is 1.34. The number of carbonyl (C=O) groups is 1. The lowest BCUT2D eigenvalue weighted by Crippen LogP contribution is -2.30. The van der Waals surface area contributed by atoms with Crippen LogP contribution in [0.5, 0.6) is 0 Å². The molecule has 6 heteroatoms. The number of hydrazone groups is 1. The van der Waals surface area contributed by atoms with E-state index in [1.165, 1.54) is 4.68 Å². The largest absolute Gasteiger partial charge is 0.292 e. The first-order chi connectivity index (χ1) is 13.9. The molecule has 0 fully saturated rings. The van der Waals surface area contributed by atoms with Crippen LogP contribution in [0.3, 0.4) is 0 Å². The van der Waals surface area contributed by atoms with Crippen LogP contribution in [0.15, 0.2) is 64.5 Å². The summed E-state index contributed by atoms with van der Waals surface area (Å²) in [4.78, 5) is 25.6. The highest BCUT2D eigenvalue weighted by molar-refractivity contribution is 6.06. The van der Waals surface area contributed by atoms with Crippen LogP contribution in [-0.2, 0) is 0 Å². The van der Waals surface area contributed by atoms with Crippen LogP contribution in [0.4, 0.5) is 0 Å². The van der Waals surface area contributed by atoms with Gasteiger partial charge in [0.2, 0.25) is 0 Å². The fraction of sp³-hybridized carbons (Fsp3) is 0.304. The predicted octanol–water partition coefficient (Wildman–Crippen LogP) is 4.16. The molecule has 0 aliphatic rings. The normalized spacial score (nSPS) is 12.0. The molecule has 29 heavy (non-hydrogen) atoms. The van der Waals surface area contributed by atoms with Gasteiger partial charge in [-0.25, -0.2) is 10.1 Å². The van der Waals surface area contributed by atoms with Crippen LogP contribution in [0.1, 0.15) is 56.2 Å². The first-order valence-corrected chi connectivity index (χ1v) is 9.82. The average molecular weight is 390 g/mol. The first kappa shape index (κ1) is 20.5. The zero-order chi connectivity index (χ0) is 21.0. The fourth-order valence-electron chi connectivity index (χ4n) is 3.14. The van der Waals surface area contributed by atoms with Crippen LogP contribution >= 0.6 is 0 Å². The van der Waals surface area contributed by atoms with E-state index < -0.39 is 5.91 Å². The summed E-state index contributed by atoms with van der Waals surface area (Å²) in [6.45, 7) is 7.93. The number of fused-ring (bicyclic) bond motifs is 1. The molecule has 1 N–H and O–H groups in total. The molecule has 6 nitrogen and oxygen atoms in total. The molecule has 0 unspecified atom stereocenters. The third kappa shape index (κ3) is 4.59. The Morgan fingerprint density at radius 3 is 2.24 bits per heavy atom. The molecule has 0 spiro atoms. The molecule has 0 atom stereocenters. The van der Waals surface area contributed by atoms with Gasteiger partial charge in [-0.2, -0.15) is 10.2 Å². The highest BCUT2D eigenvalue weighted by Crippen LogP contribution is 2.15. The molecule has 0 aliphatic heterocycles. The molecule has 150 valence electrons. The molecule has 3 rings (SSSR count). The van der Waals surface area contributed by atoms with Gasteiger partial charge < -0.3 is 0 Å². The number of carbonyl (C=O) groups excluding carboxylic acids is 1. The summed E-state index contributed by atoms with van der Waals surface area (Å²) in [5.41, 5.74) is 4.40. The van der Waals surface area contributed by atoms with Crippen LogP contribution < -0.4 is 11.0 Å². The number of hydrogen-bond acceptors (Lipinski definition) is 4. The maximum absolute atomic E-state index is 13.0. The monoisotopic (exact) mass is 390 g/mol. The minimum absolute atomic E-state index is 0.164. The Morgan fingerprint density at radius 2 is 1.62 bits per heavy atom. The second kappa shape index (κ2) is 8.82. The Labute approximate surface area is 170 Å². The number of rotatable bonds is 6. The summed E-state index contributed by atoms with van der Waals surface area (Å²) in [6.07, 6.45) is 0.726. The van der Waals surface area contributed by atoms with Crippen molar-refractivity contribution in [2.24, 2.45) is 11.0 Å². The van der Waals surface area contributed by atoms with E-state index in [0.717, 1.165) is 17.7 Å². The average Bonchev–Trinajstić information content (AvgIpc) is 2.71. The molecule has 0 bridgehead atoms. The van der Waals surface area contributed by atoms with Gasteiger partial charge in [0.25, 0.3) is 11.5 Å². The molecule has 0 radical (unpaired) electrons. The van der Waals surface area contributed by atoms with E-state index in [2.05, 4.69) is 29.5 Å². The van der Waals surface area contributed by atoms with Gasteiger partial charge >= 0.3 is 0 Å². The van der Waals surface area contributed by atoms with E-state index >= 15 is 0 Å². The lowest BCUT2D eigenvalue weighted by molar-refractivity contribution is 0.0949. The van der Waals surface area contributed by atoms with Gasteiger partial charge in [0, 0.05) is 5.39 Å². The van der Waals surface area contributed by atoms with Gasteiger partial charge in [-0.15, -0.1) is 0 Å². The molecule has 0 saturated carbocycles. The molecule has 0 aliphatic carbocycles. The highest BCUT2D eigenvalue weighted by Gasteiger charge is 2.18. The van der Waals surface area contributed by atoms with E-state index in [-0.39, 0.29) is 17.3 Å². The molecule has 1 amide bonds. The third-order valence-electron chi connectivity index (χ3n) is 4.53. The van der Waals surface area contributed by atoms with E-state index in [1.54, 1.807) is 24.3 Å².